The molecule has 1 unspecified atom stereocenters. The van der Waals surface area contributed by atoms with Crippen LogP contribution in [0.25, 0.3) is 11.7 Å². The van der Waals surface area contributed by atoms with E-state index in [1.807, 2.05) is 13.0 Å². The topological polar surface area (TPSA) is 75.9 Å². The first-order chi connectivity index (χ1) is 14.5. The number of amides is 1. The molecule has 0 saturated carbocycles. The standard InChI is InChI=1S/C21H22N4O3S2/c1-3-8-24-20(27)16(30-21(24)29)10-15-18(22-11-14-5-4-9-28-14)23-17-7-6-13(2)12-25(17)19(15)26/h3,6-7,10,12,14,22H,1,4-5,8-9,11H2,2H3/b16-10+. The minimum absolute atomic E-state index is 0.0851. The molecule has 0 aromatic carbocycles. The Kier molecular flexibility index (Phi) is 6.03. The number of nitrogens with one attached hydrogen (secondary N) is 1. The minimum Gasteiger partial charge on any atom is -0.376 e. The molecule has 2 aliphatic heterocycles. The van der Waals surface area contributed by atoms with E-state index in [9.17, 15) is 9.59 Å². The maximum absolute atomic E-state index is 13.3. The minimum atomic E-state index is -0.243. The SMILES string of the molecule is C=CCN1C(=O)/C(=C\c2c(NCC3CCCO3)nc3ccc(C)cn3c2=O)SC1=S. The van der Waals surface area contributed by atoms with Crippen LogP contribution in [-0.4, -0.2) is 50.3 Å². The van der Waals surface area contributed by atoms with Crippen LogP contribution < -0.4 is 10.9 Å². The fourth-order valence-corrected chi connectivity index (χ4v) is 4.71. The highest BCUT2D eigenvalue weighted by Gasteiger charge is 2.31. The number of carbonyl (C=O) groups is 1. The fraction of sp³-hybridized carbons (Fsp3) is 0.333. The second-order valence-corrected chi connectivity index (χ2v) is 8.89. The molecular formula is C21H22N4O3S2. The third kappa shape index (κ3) is 4.05. The molecule has 2 fully saturated rings. The molecule has 4 rings (SSSR count). The number of aryl methyl sites for hydroxylation is 1. The molecule has 0 spiro atoms. The molecule has 1 atom stereocenters. The monoisotopic (exact) mass is 442 g/mol. The molecule has 2 aliphatic rings. The quantitative estimate of drug-likeness (QED) is 0.419. The van der Waals surface area contributed by atoms with Crippen molar-refractivity contribution in [3.05, 3.63) is 57.4 Å². The van der Waals surface area contributed by atoms with Gasteiger partial charge in [-0.25, -0.2) is 4.98 Å². The first kappa shape index (κ1) is 20.8. The van der Waals surface area contributed by atoms with Crippen LogP contribution in [0.3, 0.4) is 0 Å². The Morgan fingerprint density at radius 1 is 1.43 bits per heavy atom. The van der Waals surface area contributed by atoms with Crippen LogP contribution in [-0.2, 0) is 9.53 Å². The number of thioether (sulfide) groups is 1. The number of rotatable bonds is 6. The molecule has 0 bridgehead atoms. The first-order valence-electron chi connectivity index (χ1n) is 9.72. The molecule has 2 aromatic heterocycles. The van der Waals surface area contributed by atoms with Gasteiger partial charge in [-0.05, 0) is 37.5 Å². The van der Waals surface area contributed by atoms with E-state index in [1.165, 1.54) is 21.1 Å². The second kappa shape index (κ2) is 8.71. The van der Waals surface area contributed by atoms with Crippen molar-refractivity contribution in [3.63, 3.8) is 0 Å². The van der Waals surface area contributed by atoms with Crippen molar-refractivity contribution in [3.8, 4) is 0 Å². The summed E-state index contributed by atoms with van der Waals surface area (Å²) in [6.45, 7) is 7.21. The predicted molar refractivity (Wildman–Crippen MR) is 124 cm³/mol. The number of hydrogen-bond donors (Lipinski definition) is 1. The molecule has 1 N–H and O–H groups in total. The summed E-state index contributed by atoms with van der Waals surface area (Å²) < 4.78 is 7.62. The molecular weight excluding hydrogens is 420 g/mol. The Bertz CT molecular complexity index is 1120. The maximum atomic E-state index is 13.3. The highest BCUT2D eigenvalue weighted by atomic mass is 32.2. The Morgan fingerprint density at radius 3 is 3.00 bits per heavy atom. The lowest BCUT2D eigenvalue weighted by molar-refractivity contribution is -0.121. The van der Waals surface area contributed by atoms with Gasteiger partial charge >= 0.3 is 0 Å². The van der Waals surface area contributed by atoms with Gasteiger partial charge in [-0.2, -0.15) is 0 Å². The van der Waals surface area contributed by atoms with Gasteiger partial charge in [0, 0.05) is 25.9 Å². The van der Waals surface area contributed by atoms with E-state index < -0.39 is 0 Å². The zero-order valence-electron chi connectivity index (χ0n) is 16.6. The molecule has 156 valence electrons. The largest absolute Gasteiger partial charge is 0.376 e. The molecule has 0 aliphatic carbocycles. The number of ether oxygens (including phenoxy) is 1. The van der Waals surface area contributed by atoms with Crippen LogP contribution >= 0.6 is 24.0 Å². The van der Waals surface area contributed by atoms with Crippen LogP contribution in [0.5, 0.6) is 0 Å². The number of anilines is 1. The third-order valence-corrected chi connectivity index (χ3v) is 6.37. The second-order valence-electron chi connectivity index (χ2n) is 7.21. The van der Waals surface area contributed by atoms with Gasteiger partial charge in [-0.15, -0.1) is 6.58 Å². The number of aromatic nitrogens is 2. The lowest BCUT2D eigenvalue weighted by Crippen LogP contribution is -2.28. The summed E-state index contributed by atoms with van der Waals surface area (Å²) in [6.07, 6.45) is 7.03. The average Bonchev–Trinajstić information content (AvgIpc) is 3.33. The van der Waals surface area contributed by atoms with E-state index in [0.717, 1.165) is 25.0 Å². The summed E-state index contributed by atoms with van der Waals surface area (Å²) >= 11 is 6.49. The number of thiocarbonyl (C=S) groups is 1. The van der Waals surface area contributed by atoms with Crippen molar-refractivity contribution in [2.75, 3.05) is 25.0 Å². The summed E-state index contributed by atoms with van der Waals surface area (Å²) in [5, 5.41) is 3.26. The van der Waals surface area contributed by atoms with E-state index in [4.69, 9.17) is 17.0 Å². The average molecular weight is 443 g/mol. The summed E-state index contributed by atoms with van der Waals surface area (Å²) in [4.78, 5) is 32.6. The van der Waals surface area contributed by atoms with Gasteiger partial charge < -0.3 is 10.1 Å². The van der Waals surface area contributed by atoms with Crippen LogP contribution in [0.2, 0.25) is 0 Å². The third-order valence-electron chi connectivity index (χ3n) is 4.99. The summed E-state index contributed by atoms with van der Waals surface area (Å²) in [7, 11) is 0. The molecule has 0 radical (unpaired) electrons. The van der Waals surface area contributed by atoms with Gasteiger partial charge in [0.25, 0.3) is 11.5 Å². The Morgan fingerprint density at radius 2 is 2.27 bits per heavy atom. The molecule has 4 heterocycles. The zero-order chi connectivity index (χ0) is 21.3. The maximum Gasteiger partial charge on any atom is 0.267 e. The Labute approximate surface area is 183 Å². The highest BCUT2D eigenvalue weighted by Crippen LogP contribution is 2.33. The van der Waals surface area contributed by atoms with E-state index >= 15 is 0 Å². The van der Waals surface area contributed by atoms with Gasteiger partial charge in [0.1, 0.15) is 15.8 Å². The van der Waals surface area contributed by atoms with Crippen molar-refractivity contribution >= 4 is 51.7 Å². The van der Waals surface area contributed by atoms with E-state index in [1.54, 1.807) is 24.4 Å². The van der Waals surface area contributed by atoms with Gasteiger partial charge in [-0.1, -0.05) is 36.1 Å². The predicted octanol–water partition coefficient (Wildman–Crippen LogP) is 2.98. The molecule has 7 nitrogen and oxygen atoms in total. The Balaban J connectivity index is 1.77. The van der Waals surface area contributed by atoms with Crippen molar-refractivity contribution < 1.29 is 9.53 Å². The Hall–Kier alpha value is -2.49. The number of hydrogen-bond acceptors (Lipinski definition) is 7. The lowest BCUT2D eigenvalue weighted by atomic mass is 10.2. The van der Waals surface area contributed by atoms with Crippen LogP contribution in [0, 0.1) is 6.92 Å². The molecule has 2 aromatic rings. The van der Waals surface area contributed by atoms with E-state index in [2.05, 4.69) is 16.9 Å². The van der Waals surface area contributed by atoms with Crippen LogP contribution in [0.1, 0.15) is 24.0 Å². The first-order valence-corrected chi connectivity index (χ1v) is 10.9. The fourth-order valence-electron chi connectivity index (χ4n) is 3.46. The number of pyridine rings is 1. The summed E-state index contributed by atoms with van der Waals surface area (Å²) in [5.74, 6) is 0.206. The van der Waals surface area contributed by atoms with Gasteiger partial charge in [0.15, 0.2) is 0 Å². The number of nitrogens with zero attached hydrogens (tertiary/aromatic N) is 3. The highest BCUT2D eigenvalue weighted by molar-refractivity contribution is 8.26. The summed E-state index contributed by atoms with van der Waals surface area (Å²) in [6, 6.07) is 3.72. The van der Waals surface area contributed by atoms with Crippen LogP contribution in [0.4, 0.5) is 5.82 Å². The zero-order valence-corrected chi connectivity index (χ0v) is 18.2. The van der Waals surface area contributed by atoms with Gasteiger partial charge in [-0.3, -0.25) is 18.9 Å². The van der Waals surface area contributed by atoms with Gasteiger partial charge in [0.2, 0.25) is 0 Å². The number of carbonyl (C=O) groups excluding carboxylic acids is 1. The van der Waals surface area contributed by atoms with Crippen molar-refractivity contribution in [2.45, 2.75) is 25.9 Å². The van der Waals surface area contributed by atoms with Crippen molar-refractivity contribution in [2.24, 2.45) is 0 Å². The lowest BCUT2D eigenvalue weighted by Gasteiger charge is -2.14. The van der Waals surface area contributed by atoms with Crippen molar-refractivity contribution in [1.82, 2.24) is 14.3 Å². The molecule has 9 heteroatoms. The molecule has 1 amide bonds. The molecule has 30 heavy (non-hydrogen) atoms. The number of fused-ring (bicyclic) bond motifs is 1. The smallest absolute Gasteiger partial charge is 0.267 e. The van der Waals surface area contributed by atoms with E-state index in [-0.39, 0.29) is 17.6 Å². The summed E-state index contributed by atoms with van der Waals surface area (Å²) in [5.41, 5.74) is 1.56. The van der Waals surface area contributed by atoms with Crippen LogP contribution in [0.15, 0.2) is 40.7 Å². The van der Waals surface area contributed by atoms with Crippen molar-refractivity contribution in [1.29, 1.82) is 0 Å². The van der Waals surface area contributed by atoms with Gasteiger partial charge in [0.05, 0.1) is 16.6 Å². The van der Waals surface area contributed by atoms with E-state index in [0.29, 0.717) is 39.3 Å². The molecule has 2 saturated heterocycles. The normalized spacial score (nSPS) is 20.5.